The molecule has 140 valence electrons. The van der Waals surface area contributed by atoms with Crippen molar-refractivity contribution in [3.63, 3.8) is 0 Å². The van der Waals surface area contributed by atoms with E-state index in [1.54, 1.807) is 6.92 Å². The number of aliphatic hydroxyl groups excluding tert-OH is 1. The highest BCUT2D eigenvalue weighted by Crippen LogP contribution is 2.43. The lowest BCUT2D eigenvalue weighted by molar-refractivity contribution is -0.427. The van der Waals surface area contributed by atoms with Gasteiger partial charge in [0.05, 0.1) is 31.0 Å². The van der Waals surface area contributed by atoms with Crippen LogP contribution in [0.25, 0.3) is 0 Å². The summed E-state index contributed by atoms with van der Waals surface area (Å²) >= 11 is 1.16. The van der Waals surface area contributed by atoms with E-state index in [-0.39, 0.29) is 35.7 Å². The highest BCUT2D eigenvalue weighted by Gasteiger charge is 2.44. The van der Waals surface area contributed by atoms with Crippen molar-refractivity contribution in [2.75, 3.05) is 19.7 Å². The maximum Gasteiger partial charge on any atom is 0.264 e. The first-order valence-electron chi connectivity index (χ1n) is 9.11. The van der Waals surface area contributed by atoms with Crippen LogP contribution >= 0.6 is 11.8 Å². The van der Waals surface area contributed by atoms with E-state index in [2.05, 4.69) is 4.99 Å². The summed E-state index contributed by atoms with van der Waals surface area (Å²) in [5.74, 6) is -0.882. The number of piperidine rings is 1. The lowest BCUT2D eigenvalue weighted by Crippen LogP contribution is -2.47. The maximum absolute atomic E-state index is 11.5. The van der Waals surface area contributed by atoms with Gasteiger partial charge in [-0.15, -0.1) is 0 Å². The Morgan fingerprint density at radius 3 is 2.88 bits per heavy atom. The number of fused-ring (bicyclic) bond motifs is 1. The van der Waals surface area contributed by atoms with Crippen LogP contribution in [-0.4, -0.2) is 51.7 Å². The molecule has 8 nitrogen and oxygen atoms in total. The molecular weight excluding hydrogens is 358 g/mol. The molecule has 26 heavy (non-hydrogen) atoms. The van der Waals surface area contributed by atoms with Crippen molar-refractivity contribution in [1.29, 1.82) is 0 Å². The van der Waals surface area contributed by atoms with Crippen LogP contribution in [0.2, 0.25) is 0 Å². The Morgan fingerprint density at radius 2 is 2.27 bits per heavy atom. The van der Waals surface area contributed by atoms with Gasteiger partial charge < -0.3 is 19.5 Å². The fraction of sp³-hybridized carbons (Fsp3) is 0.588. The summed E-state index contributed by atoms with van der Waals surface area (Å²) in [6.45, 7) is 5.46. The second kappa shape index (κ2) is 6.40. The summed E-state index contributed by atoms with van der Waals surface area (Å²) in [5.41, 5.74) is 0.715. The fourth-order valence-corrected chi connectivity index (χ4v) is 4.74. The van der Waals surface area contributed by atoms with Crippen LogP contribution in [0.4, 0.5) is 0 Å². The Hall–Kier alpha value is -1.84. The second-order valence-corrected chi connectivity index (χ2v) is 7.92. The van der Waals surface area contributed by atoms with Crippen molar-refractivity contribution >= 4 is 16.9 Å². The number of hydrogen-bond donors (Lipinski definition) is 1. The summed E-state index contributed by atoms with van der Waals surface area (Å²) < 4.78 is 19.9. The number of hydrogen-bond acceptors (Lipinski definition) is 8. The van der Waals surface area contributed by atoms with Gasteiger partial charge >= 0.3 is 0 Å². The van der Waals surface area contributed by atoms with Crippen LogP contribution in [0.15, 0.2) is 38.7 Å². The molecule has 0 amide bonds. The standard InChI is InChI=1S/C17H21N3O5S/c1-10-7-12-14(13(8-10)20(22)23)26-16(18-15(12)21)19-5-3-17(4-6-19)24-9-11(2)25-17/h7,11,21H,3-6,8-9H2,1-2H3/i7D. The topological polar surface area (TPSA) is 97.4 Å². The van der Waals surface area contributed by atoms with Gasteiger partial charge in [-0.25, -0.2) is 0 Å². The summed E-state index contributed by atoms with van der Waals surface area (Å²) in [5, 5.41) is 22.4. The first-order valence-corrected chi connectivity index (χ1v) is 9.42. The molecule has 4 rings (SSSR count). The number of likely N-dealkylation sites (tertiary alicyclic amines) is 1. The first-order chi connectivity index (χ1) is 12.8. The number of amidine groups is 1. The third kappa shape index (κ3) is 3.04. The lowest BCUT2D eigenvalue weighted by atomic mass is 10.0. The summed E-state index contributed by atoms with van der Waals surface area (Å²) in [7, 11) is 0. The molecule has 2 fully saturated rings. The van der Waals surface area contributed by atoms with Crippen molar-refractivity contribution in [3.05, 3.63) is 43.8 Å². The number of nitro groups is 1. The van der Waals surface area contributed by atoms with Crippen LogP contribution in [0.3, 0.4) is 0 Å². The Morgan fingerprint density at radius 1 is 1.54 bits per heavy atom. The van der Waals surface area contributed by atoms with E-state index in [4.69, 9.17) is 10.8 Å². The highest BCUT2D eigenvalue weighted by molar-refractivity contribution is 8.17. The minimum atomic E-state index is -0.552. The van der Waals surface area contributed by atoms with E-state index in [9.17, 15) is 15.2 Å². The van der Waals surface area contributed by atoms with Gasteiger partial charge in [0.15, 0.2) is 11.0 Å². The summed E-state index contributed by atoms with van der Waals surface area (Å²) in [6.07, 6.45) is 1.50. The molecule has 1 atom stereocenters. The van der Waals surface area contributed by atoms with Crippen LogP contribution in [0, 0.1) is 10.1 Å². The third-order valence-corrected chi connectivity index (χ3v) is 6.07. The predicted molar refractivity (Wildman–Crippen MR) is 97.1 cm³/mol. The molecule has 0 bridgehead atoms. The number of nitrogens with zero attached hydrogens (tertiary/aromatic N) is 3. The highest BCUT2D eigenvalue weighted by atomic mass is 32.2. The van der Waals surface area contributed by atoms with Crippen LogP contribution < -0.4 is 0 Å². The SMILES string of the molecule is [2H]C1=C(C)CC([N+](=O)[O-])=C2SC(N3CCC4(CC3)OCC(C)O4)=NC(O)=C12. The Labute approximate surface area is 156 Å². The molecule has 0 radical (unpaired) electrons. The largest absolute Gasteiger partial charge is 0.493 e. The van der Waals surface area contributed by atoms with E-state index in [0.29, 0.717) is 48.2 Å². The van der Waals surface area contributed by atoms with E-state index >= 15 is 0 Å². The van der Waals surface area contributed by atoms with Gasteiger partial charge in [0.1, 0.15) is 4.91 Å². The molecule has 3 aliphatic heterocycles. The number of aliphatic imine (C=N–C) groups is 1. The van der Waals surface area contributed by atoms with Crippen molar-refractivity contribution in [2.24, 2.45) is 4.99 Å². The zero-order valence-electron chi connectivity index (χ0n) is 15.7. The van der Waals surface area contributed by atoms with E-state index in [0.717, 1.165) is 11.8 Å². The molecule has 0 aromatic heterocycles. The molecule has 1 unspecified atom stereocenters. The smallest absolute Gasteiger partial charge is 0.264 e. The lowest BCUT2D eigenvalue weighted by Gasteiger charge is -2.39. The van der Waals surface area contributed by atoms with Gasteiger partial charge in [-0.2, -0.15) is 4.99 Å². The van der Waals surface area contributed by atoms with Gasteiger partial charge in [0.25, 0.3) is 5.70 Å². The number of ether oxygens (including phenoxy) is 2. The molecule has 0 saturated carbocycles. The molecule has 1 spiro atoms. The molecule has 3 heterocycles. The van der Waals surface area contributed by atoms with Gasteiger partial charge in [-0.1, -0.05) is 5.57 Å². The quantitative estimate of drug-likeness (QED) is 0.552. The average molecular weight is 380 g/mol. The van der Waals surface area contributed by atoms with Crippen molar-refractivity contribution < 1.29 is 20.9 Å². The minimum Gasteiger partial charge on any atom is -0.493 e. The van der Waals surface area contributed by atoms with Crippen LogP contribution in [0.1, 0.15) is 34.5 Å². The normalized spacial score (nSPS) is 29.2. The summed E-state index contributed by atoms with van der Waals surface area (Å²) in [4.78, 5) is 17.6. The molecule has 1 aliphatic carbocycles. The monoisotopic (exact) mass is 380 g/mol. The Balaban J connectivity index is 1.60. The van der Waals surface area contributed by atoms with Gasteiger partial charge in [-0.3, -0.25) is 10.1 Å². The molecule has 9 heteroatoms. The maximum atomic E-state index is 11.5. The molecule has 4 aliphatic rings. The molecule has 0 aromatic carbocycles. The third-order valence-electron chi connectivity index (χ3n) is 4.89. The van der Waals surface area contributed by atoms with Crippen molar-refractivity contribution in [3.8, 4) is 0 Å². The van der Waals surface area contributed by atoms with E-state index in [1.807, 2.05) is 11.8 Å². The minimum absolute atomic E-state index is 0.00668. The van der Waals surface area contributed by atoms with Crippen LogP contribution in [0.5, 0.6) is 0 Å². The Bertz CT molecular complexity index is 826. The number of rotatable bonds is 1. The fourth-order valence-electron chi connectivity index (χ4n) is 3.61. The van der Waals surface area contributed by atoms with E-state index < -0.39 is 10.7 Å². The Kier molecular flexibility index (Phi) is 4.02. The van der Waals surface area contributed by atoms with Crippen molar-refractivity contribution in [2.45, 2.75) is 45.0 Å². The molecule has 2 saturated heterocycles. The zero-order chi connectivity index (χ0) is 19.3. The van der Waals surface area contributed by atoms with Gasteiger partial charge in [0, 0.05) is 25.9 Å². The van der Waals surface area contributed by atoms with Crippen LogP contribution in [-0.2, 0) is 9.47 Å². The second-order valence-electron chi connectivity index (χ2n) is 6.95. The number of thioether (sulfide) groups is 1. The van der Waals surface area contributed by atoms with Crippen molar-refractivity contribution in [1.82, 2.24) is 4.90 Å². The van der Waals surface area contributed by atoms with E-state index in [1.165, 1.54) is 0 Å². The number of aliphatic hydroxyl groups is 1. The molecule has 0 aromatic rings. The summed E-state index contributed by atoms with van der Waals surface area (Å²) in [6, 6.07) is 0.114. The number of allylic oxidation sites excluding steroid dienone is 3. The predicted octanol–water partition coefficient (Wildman–Crippen LogP) is 2.92. The molecular formula is C17H21N3O5S. The zero-order valence-corrected chi connectivity index (χ0v) is 15.5. The van der Waals surface area contributed by atoms with Gasteiger partial charge in [0.2, 0.25) is 5.88 Å². The average Bonchev–Trinajstić information content (AvgIpc) is 2.98. The van der Waals surface area contributed by atoms with Gasteiger partial charge in [-0.05, 0) is 31.7 Å². The first kappa shape index (κ1) is 16.3. The molecule has 1 N–H and O–H groups in total.